The molecular formula is C43H43Cl2N7O5S. The Hall–Kier alpha value is -5.50. The molecule has 6 aromatic rings. The summed E-state index contributed by atoms with van der Waals surface area (Å²) < 4.78 is 13.3. The SMILES string of the molecule is Cc1sc2c(c1C)C(c1ccc(Cl)cc1)=N[C@@H](CC(=O)NCCC(=O)NCCOc1ccc(-c3cc4c(C(=O)OCC(C)C)c[nH]c4cc3Cl)cc1)c1nnc(C)n1-2. The van der Waals surface area contributed by atoms with Crippen LogP contribution in [0.4, 0.5) is 0 Å². The van der Waals surface area contributed by atoms with Crippen LogP contribution in [0.3, 0.4) is 0 Å². The molecule has 2 amide bonds. The highest BCUT2D eigenvalue weighted by Crippen LogP contribution is 2.40. The van der Waals surface area contributed by atoms with Crippen molar-refractivity contribution in [3.63, 3.8) is 0 Å². The zero-order chi connectivity index (χ0) is 41.1. The Morgan fingerprint density at radius 1 is 0.931 bits per heavy atom. The molecule has 0 radical (unpaired) electrons. The van der Waals surface area contributed by atoms with Gasteiger partial charge in [-0.25, -0.2) is 4.79 Å². The van der Waals surface area contributed by atoms with Gasteiger partial charge < -0.3 is 25.1 Å². The summed E-state index contributed by atoms with van der Waals surface area (Å²) in [6.45, 7) is 11.0. The summed E-state index contributed by atoms with van der Waals surface area (Å²) in [6.07, 6.45) is 1.76. The predicted octanol–water partition coefficient (Wildman–Crippen LogP) is 8.51. The topological polar surface area (TPSA) is 153 Å². The quantitative estimate of drug-likeness (QED) is 0.0735. The zero-order valence-corrected chi connectivity index (χ0v) is 35.1. The van der Waals surface area contributed by atoms with Gasteiger partial charge in [0.25, 0.3) is 0 Å². The molecule has 0 saturated carbocycles. The number of hydrogen-bond donors (Lipinski definition) is 3. The molecular weight excluding hydrogens is 797 g/mol. The number of thiophene rings is 1. The van der Waals surface area contributed by atoms with Crippen LogP contribution in [0.25, 0.3) is 27.0 Å². The van der Waals surface area contributed by atoms with Gasteiger partial charge in [-0.1, -0.05) is 61.3 Å². The molecule has 12 nitrogen and oxygen atoms in total. The van der Waals surface area contributed by atoms with Gasteiger partial charge in [0, 0.05) is 56.7 Å². The van der Waals surface area contributed by atoms with E-state index in [0.717, 1.165) is 54.3 Å². The third-order valence-electron chi connectivity index (χ3n) is 9.81. The van der Waals surface area contributed by atoms with Gasteiger partial charge in [0.15, 0.2) is 5.82 Å². The van der Waals surface area contributed by atoms with Crippen LogP contribution in [-0.4, -0.2) is 69.5 Å². The summed E-state index contributed by atoms with van der Waals surface area (Å²) in [5, 5.41) is 17.4. The van der Waals surface area contributed by atoms with E-state index in [4.69, 9.17) is 37.7 Å². The average Bonchev–Trinajstić information content (AvgIpc) is 3.85. The highest BCUT2D eigenvalue weighted by molar-refractivity contribution is 7.15. The monoisotopic (exact) mass is 839 g/mol. The van der Waals surface area contributed by atoms with E-state index in [0.29, 0.717) is 39.6 Å². The molecule has 1 aliphatic rings. The maximum Gasteiger partial charge on any atom is 0.340 e. The number of hydrogen-bond acceptors (Lipinski definition) is 9. The molecule has 58 heavy (non-hydrogen) atoms. The van der Waals surface area contributed by atoms with Gasteiger partial charge in [0.2, 0.25) is 11.8 Å². The van der Waals surface area contributed by atoms with E-state index in [2.05, 4.69) is 39.7 Å². The fourth-order valence-corrected chi connectivity index (χ4v) is 8.34. The van der Waals surface area contributed by atoms with Crippen molar-refractivity contribution in [2.45, 2.75) is 53.5 Å². The molecule has 3 N–H and O–H groups in total. The summed E-state index contributed by atoms with van der Waals surface area (Å²) in [6, 6.07) is 18.0. The van der Waals surface area contributed by atoms with Crippen molar-refractivity contribution in [3.8, 4) is 21.9 Å². The standard InChI is InChI=1S/C43H43Cl2N7O5S/c1-23(2)22-57-43(55)33-21-48-35-19-34(45)31(18-32(33)35)27-8-12-30(13-9-27)56-17-16-47-37(53)14-15-46-38(54)20-36-41-51-50-26(5)52(41)42-39(24(3)25(4)58-42)40(49-36)28-6-10-29(44)11-7-28/h6-13,18-19,21,23,36,48H,14-17,20,22H2,1-5H3,(H,46,54)(H,47,53)/t36-/m0/s1. The maximum absolute atomic E-state index is 13.3. The second kappa shape index (κ2) is 17.6. The van der Waals surface area contributed by atoms with Crippen LogP contribution < -0.4 is 15.4 Å². The summed E-state index contributed by atoms with van der Waals surface area (Å²) >= 11 is 14.5. The molecule has 1 atom stereocenters. The van der Waals surface area contributed by atoms with Crippen molar-refractivity contribution >= 4 is 68.9 Å². The van der Waals surface area contributed by atoms with Crippen LogP contribution >= 0.6 is 34.5 Å². The number of aliphatic imine (C=N–C) groups is 1. The van der Waals surface area contributed by atoms with Gasteiger partial charge in [0.1, 0.15) is 29.2 Å². The minimum Gasteiger partial charge on any atom is -0.492 e. The van der Waals surface area contributed by atoms with Crippen LogP contribution in [0.15, 0.2) is 71.9 Å². The lowest BCUT2D eigenvalue weighted by atomic mass is 9.99. The third-order valence-corrected chi connectivity index (χ3v) is 11.6. The van der Waals surface area contributed by atoms with E-state index in [-0.39, 0.29) is 56.2 Å². The molecule has 0 spiro atoms. The molecule has 0 fully saturated rings. The fraction of sp³-hybridized carbons (Fsp3) is 0.302. The Kier molecular flexibility index (Phi) is 12.3. The number of fused-ring (bicyclic) bond motifs is 4. The molecule has 0 unspecified atom stereocenters. The van der Waals surface area contributed by atoms with Crippen molar-refractivity contribution in [1.29, 1.82) is 0 Å². The number of ether oxygens (including phenoxy) is 2. The Bertz CT molecular complexity index is 2520. The second-order valence-electron chi connectivity index (χ2n) is 14.5. The molecule has 0 bridgehead atoms. The van der Waals surface area contributed by atoms with Gasteiger partial charge in [-0.3, -0.25) is 19.1 Å². The molecule has 4 heterocycles. The number of aromatic nitrogens is 4. The highest BCUT2D eigenvalue weighted by atomic mass is 35.5. The molecule has 7 rings (SSSR count). The van der Waals surface area contributed by atoms with Crippen molar-refractivity contribution in [3.05, 3.63) is 116 Å². The van der Waals surface area contributed by atoms with E-state index in [1.807, 2.05) is 79.9 Å². The lowest BCUT2D eigenvalue weighted by Crippen LogP contribution is -2.33. The highest BCUT2D eigenvalue weighted by Gasteiger charge is 2.32. The van der Waals surface area contributed by atoms with Crippen LogP contribution in [0.2, 0.25) is 10.0 Å². The number of nitrogens with one attached hydrogen (secondary N) is 3. The van der Waals surface area contributed by atoms with Crippen molar-refractivity contribution in [2.75, 3.05) is 26.3 Å². The van der Waals surface area contributed by atoms with E-state index >= 15 is 0 Å². The molecule has 0 saturated heterocycles. The Labute approximate surface area is 350 Å². The van der Waals surface area contributed by atoms with E-state index in [1.54, 1.807) is 23.6 Å². The van der Waals surface area contributed by atoms with Crippen LogP contribution in [0.1, 0.15) is 76.3 Å². The number of amides is 2. The van der Waals surface area contributed by atoms with Crippen LogP contribution in [0, 0.1) is 26.7 Å². The molecule has 300 valence electrons. The summed E-state index contributed by atoms with van der Waals surface area (Å²) in [5.41, 5.74) is 6.57. The first-order valence-corrected chi connectivity index (χ1v) is 20.6. The van der Waals surface area contributed by atoms with Gasteiger partial charge in [-0.05, 0) is 74.2 Å². The predicted molar refractivity (Wildman–Crippen MR) is 228 cm³/mol. The summed E-state index contributed by atoms with van der Waals surface area (Å²) in [5.74, 6) is 1.28. The number of nitrogens with zero attached hydrogens (tertiary/aromatic N) is 4. The molecule has 3 aromatic carbocycles. The molecule has 3 aromatic heterocycles. The van der Waals surface area contributed by atoms with Gasteiger partial charge in [-0.2, -0.15) is 0 Å². The first-order valence-electron chi connectivity index (χ1n) is 19.0. The van der Waals surface area contributed by atoms with Crippen LogP contribution in [-0.2, 0) is 14.3 Å². The average molecular weight is 841 g/mol. The van der Waals surface area contributed by atoms with Crippen molar-refractivity contribution in [2.24, 2.45) is 10.9 Å². The third kappa shape index (κ3) is 8.81. The number of carbonyl (C=O) groups excluding carboxylic acids is 3. The number of aryl methyl sites for hydroxylation is 2. The Morgan fingerprint density at radius 2 is 1.66 bits per heavy atom. The fourth-order valence-electron chi connectivity index (χ4n) is 6.73. The number of carbonyl (C=O) groups is 3. The van der Waals surface area contributed by atoms with Gasteiger partial charge >= 0.3 is 5.97 Å². The maximum atomic E-state index is 13.3. The number of aromatic amines is 1. The molecule has 15 heteroatoms. The summed E-state index contributed by atoms with van der Waals surface area (Å²) in [4.78, 5) is 48.0. The summed E-state index contributed by atoms with van der Waals surface area (Å²) in [7, 11) is 0. The minimum atomic E-state index is -0.607. The lowest BCUT2D eigenvalue weighted by Gasteiger charge is -2.13. The van der Waals surface area contributed by atoms with E-state index in [9.17, 15) is 14.4 Å². The molecule has 0 aliphatic carbocycles. The van der Waals surface area contributed by atoms with Gasteiger partial charge in [0.05, 0.1) is 35.9 Å². The number of halogens is 2. The zero-order valence-electron chi connectivity index (χ0n) is 32.7. The minimum absolute atomic E-state index is 0.0253. The number of benzene rings is 3. The Morgan fingerprint density at radius 3 is 2.40 bits per heavy atom. The second-order valence-corrected chi connectivity index (χ2v) is 16.6. The largest absolute Gasteiger partial charge is 0.492 e. The number of H-pyrrole nitrogens is 1. The van der Waals surface area contributed by atoms with Gasteiger partial charge in [-0.15, -0.1) is 21.5 Å². The van der Waals surface area contributed by atoms with E-state index in [1.165, 1.54) is 0 Å². The van der Waals surface area contributed by atoms with Crippen molar-refractivity contribution in [1.82, 2.24) is 30.4 Å². The van der Waals surface area contributed by atoms with E-state index < -0.39 is 6.04 Å². The number of esters is 1. The lowest BCUT2D eigenvalue weighted by molar-refractivity contribution is -0.122. The Balaban J connectivity index is 0.905. The van der Waals surface area contributed by atoms with Crippen molar-refractivity contribution < 1.29 is 23.9 Å². The first-order chi connectivity index (χ1) is 27.9. The number of rotatable bonds is 14. The first kappa shape index (κ1) is 40.7. The normalized spacial score (nSPS) is 13.4. The van der Waals surface area contributed by atoms with Crippen LogP contribution in [0.5, 0.6) is 5.75 Å². The smallest absolute Gasteiger partial charge is 0.340 e. The molecule has 1 aliphatic heterocycles.